The van der Waals surface area contributed by atoms with Crippen molar-refractivity contribution in [3.05, 3.63) is 96.6 Å². The minimum atomic E-state index is -4.42. The molecule has 0 radical (unpaired) electrons. The third-order valence-corrected chi connectivity index (χ3v) is 7.33. The number of azo groups is 2. The highest BCUT2D eigenvalue weighted by molar-refractivity contribution is 7.94. The van der Waals surface area contributed by atoms with Gasteiger partial charge in [0.05, 0.1) is 34.8 Å². The van der Waals surface area contributed by atoms with E-state index < -0.39 is 10.1 Å². The molecule has 0 aliphatic carbocycles. The molecule has 0 spiro atoms. The van der Waals surface area contributed by atoms with Crippen LogP contribution >= 0.6 is 12.0 Å². The van der Waals surface area contributed by atoms with Crippen LogP contribution in [-0.2, 0) is 19.5 Å². The van der Waals surface area contributed by atoms with Crippen LogP contribution in [-0.4, -0.2) is 18.2 Å². The molecular formula is C27H20N4O6S2. The molecule has 0 unspecified atom stereocenters. The summed E-state index contributed by atoms with van der Waals surface area (Å²) in [6, 6.07) is 26.3. The van der Waals surface area contributed by atoms with E-state index in [9.17, 15) is 13.0 Å². The molecule has 2 N–H and O–H groups in total. The van der Waals surface area contributed by atoms with Gasteiger partial charge in [-0.3, -0.25) is 4.55 Å². The number of benzene rings is 5. The van der Waals surface area contributed by atoms with Crippen LogP contribution in [0, 0.1) is 6.92 Å². The van der Waals surface area contributed by atoms with Crippen molar-refractivity contribution < 1.29 is 27.6 Å². The molecule has 12 heteroatoms. The highest BCUT2D eigenvalue weighted by Gasteiger charge is 2.17. The molecule has 0 heterocycles. The molecule has 0 atom stereocenters. The van der Waals surface area contributed by atoms with Crippen molar-refractivity contribution in [2.75, 3.05) is 0 Å². The first kappa shape index (κ1) is 26.6. The lowest BCUT2D eigenvalue weighted by Gasteiger charge is -2.09. The Labute approximate surface area is 227 Å². The van der Waals surface area contributed by atoms with E-state index in [1.165, 1.54) is 6.07 Å². The number of hydrogen-bond donors (Lipinski definition) is 2. The first-order valence-electron chi connectivity index (χ1n) is 11.4. The van der Waals surface area contributed by atoms with Crippen LogP contribution < -0.4 is 0 Å². The Morgan fingerprint density at radius 2 is 1.31 bits per heavy atom. The standard InChI is InChI=1S/C27H20N4O6S2/c1-17-12-13-25(22-10-5-11-26(27(17)22)39(33,34)35)31-30-24-15-14-23(20-8-2-3-9-21(20)24)29-28-18-6-4-7-19(16-18)38-37-36-32/h2-16,32H,1H3,(H,33,34,35). The number of hydrogen-bond acceptors (Lipinski definition) is 10. The zero-order valence-electron chi connectivity index (χ0n) is 20.3. The Morgan fingerprint density at radius 1 is 0.718 bits per heavy atom. The van der Waals surface area contributed by atoms with Crippen molar-refractivity contribution in [2.45, 2.75) is 16.7 Å². The SMILES string of the molecule is Cc1ccc(N=Nc2ccc(N=Nc3cccc(SOOO)c3)c3ccccc23)c2cccc(S(=O)(=O)O)c12. The third kappa shape index (κ3) is 5.86. The third-order valence-electron chi connectivity index (χ3n) is 5.86. The van der Waals surface area contributed by atoms with Crippen LogP contribution in [0.15, 0.2) is 121 Å². The van der Waals surface area contributed by atoms with Crippen LogP contribution in [0.2, 0.25) is 0 Å². The Bertz CT molecular complexity index is 1860. The van der Waals surface area contributed by atoms with Gasteiger partial charge in [0.2, 0.25) is 0 Å². The molecule has 0 amide bonds. The van der Waals surface area contributed by atoms with Gasteiger partial charge in [-0.1, -0.05) is 53.6 Å². The number of nitrogens with zero attached hydrogens (tertiary/aromatic N) is 4. The fourth-order valence-corrected chi connectivity index (χ4v) is 5.34. The summed E-state index contributed by atoms with van der Waals surface area (Å²) < 4.78 is 38.0. The maximum Gasteiger partial charge on any atom is 0.295 e. The van der Waals surface area contributed by atoms with E-state index >= 15 is 0 Å². The van der Waals surface area contributed by atoms with Crippen molar-refractivity contribution in [2.24, 2.45) is 20.5 Å². The highest BCUT2D eigenvalue weighted by atomic mass is 32.2. The van der Waals surface area contributed by atoms with E-state index in [1.807, 2.05) is 24.3 Å². The van der Waals surface area contributed by atoms with Gasteiger partial charge >= 0.3 is 0 Å². The average Bonchev–Trinajstić information content (AvgIpc) is 2.94. The van der Waals surface area contributed by atoms with Gasteiger partial charge in [0.15, 0.2) is 0 Å². The summed E-state index contributed by atoms with van der Waals surface area (Å²) >= 11 is 0.829. The van der Waals surface area contributed by atoms with E-state index in [-0.39, 0.29) is 4.90 Å². The molecule has 0 saturated carbocycles. The van der Waals surface area contributed by atoms with Gasteiger partial charge in [-0.05, 0) is 55.0 Å². The van der Waals surface area contributed by atoms with Crippen molar-refractivity contribution in [3.8, 4) is 0 Å². The Hall–Kier alpha value is -4.04. The number of rotatable bonds is 8. The zero-order chi connectivity index (χ0) is 27.4. The summed E-state index contributed by atoms with van der Waals surface area (Å²) in [7, 11) is -4.42. The lowest BCUT2D eigenvalue weighted by molar-refractivity contribution is -0.432. The highest BCUT2D eigenvalue weighted by Crippen LogP contribution is 2.37. The molecule has 0 bridgehead atoms. The van der Waals surface area contributed by atoms with Crippen molar-refractivity contribution in [1.29, 1.82) is 0 Å². The molecule has 0 saturated heterocycles. The van der Waals surface area contributed by atoms with E-state index in [1.54, 1.807) is 67.6 Å². The number of fused-ring (bicyclic) bond motifs is 2. The van der Waals surface area contributed by atoms with Crippen LogP contribution in [0.25, 0.3) is 21.5 Å². The van der Waals surface area contributed by atoms with Crippen LogP contribution in [0.1, 0.15) is 5.56 Å². The summed E-state index contributed by atoms with van der Waals surface area (Å²) in [5, 5.41) is 32.2. The minimum Gasteiger partial charge on any atom is -0.282 e. The normalized spacial score (nSPS) is 12.3. The van der Waals surface area contributed by atoms with E-state index in [0.717, 1.165) is 22.8 Å². The van der Waals surface area contributed by atoms with Gasteiger partial charge in [0.25, 0.3) is 10.1 Å². The van der Waals surface area contributed by atoms with Gasteiger partial charge < -0.3 is 0 Å². The maximum absolute atomic E-state index is 11.9. The first-order valence-corrected chi connectivity index (χ1v) is 13.6. The molecule has 0 aliphatic rings. The van der Waals surface area contributed by atoms with Gasteiger partial charge in [-0.15, -0.1) is 19.7 Å². The first-order chi connectivity index (χ1) is 18.8. The zero-order valence-corrected chi connectivity index (χ0v) is 21.9. The van der Waals surface area contributed by atoms with Crippen LogP contribution in [0.4, 0.5) is 22.7 Å². The van der Waals surface area contributed by atoms with Gasteiger partial charge in [-0.2, -0.15) is 13.5 Å². The molecule has 5 aromatic carbocycles. The molecule has 0 fully saturated rings. The molecular weight excluding hydrogens is 540 g/mol. The minimum absolute atomic E-state index is 0.173. The fourth-order valence-electron chi connectivity index (χ4n) is 4.14. The van der Waals surface area contributed by atoms with E-state index in [4.69, 9.17) is 5.26 Å². The average molecular weight is 561 g/mol. The van der Waals surface area contributed by atoms with Gasteiger partial charge in [-0.25, -0.2) is 5.26 Å². The molecule has 5 aromatic rings. The lowest BCUT2D eigenvalue weighted by Crippen LogP contribution is -1.99. The Balaban J connectivity index is 1.51. The van der Waals surface area contributed by atoms with Crippen molar-refractivity contribution in [3.63, 3.8) is 0 Å². The molecule has 39 heavy (non-hydrogen) atoms. The van der Waals surface area contributed by atoms with Crippen LogP contribution in [0.5, 0.6) is 0 Å². The number of aryl methyl sites for hydroxylation is 1. The van der Waals surface area contributed by atoms with Gasteiger partial charge in [0, 0.05) is 26.4 Å². The summed E-state index contributed by atoms with van der Waals surface area (Å²) in [6.45, 7) is 1.77. The van der Waals surface area contributed by atoms with Crippen molar-refractivity contribution >= 4 is 66.5 Å². The fraction of sp³-hybridized carbons (Fsp3) is 0.0370. The summed E-state index contributed by atoms with van der Waals surface area (Å²) in [4.78, 5) is 0.488. The van der Waals surface area contributed by atoms with Crippen LogP contribution in [0.3, 0.4) is 0 Å². The summed E-state index contributed by atoms with van der Waals surface area (Å²) in [6.07, 6.45) is 0. The molecule has 5 rings (SSSR count). The Kier molecular flexibility index (Phi) is 7.74. The maximum atomic E-state index is 11.9. The second kappa shape index (κ2) is 11.4. The monoisotopic (exact) mass is 560 g/mol. The van der Waals surface area contributed by atoms with Gasteiger partial charge in [0.1, 0.15) is 4.90 Å². The second-order valence-electron chi connectivity index (χ2n) is 8.33. The lowest BCUT2D eigenvalue weighted by atomic mass is 10.0. The van der Waals surface area contributed by atoms with E-state index in [0.29, 0.717) is 44.0 Å². The van der Waals surface area contributed by atoms with E-state index in [2.05, 4.69) is 29.8 Å². The molecule has 196 valence electrons. The molecule has 10 nitrogen and oxygen atoms in total. The largest absolute Gasteiger partial charge is 0.295 e. The quantitative estimate of drug-likeness (QED) is 0.0634. The molecule has 0 aliphatic heterocycles. The topological polar surface area (TPSA) is 142 Å². The smallest absolute Gasteiger partial charge is 0.282 e. The Morgan fingerprint density at radius 3 is 1.97 bits per heavy atom. The predicted octanol–water partition coefficient (Wildman–Crippen LogP) is 8.81. The predicted molar refractivity (Wildman–Crippen MR) is 148 cm³/mol. The molecule has 0 aromatic heterocycles. The second-order valence-corrected chi connectivity index (χ2v) is 10.5. The van der Waals surface area contributed by atoms with Crippen molar-refractivity contribution in [1.82, 2.24) is 0 Å². The summed E-state index contributed by atoms with van der Waals surface area (Å²) in [5.41, 5.74) is 2.93. The summed E-state index contributed by atoms with van der Waals surface area (Å²) in [5.74, 6) is 0.